The second kappa shape index (κ2) is 5.73. The zero-order chi connectivity index (χ0) is 17.6. The number of rotatable bonds is 3. The number of benzene rings is 1. The van der Waals surface area contributed by atoms with E-state index in [1.165, 1.54) is 0 Å². The lowest BCUT2D eigenvalue weighted by Gasteiger charge is -2.04. The fourth-order valence-electron chi connectivity index (χ4n) is 3.19. The van der Waals surface area contributed by atoms with E-state index in [0.29, 0.717) is 23.4 Å². The van der Waals surface area contributed by atoms with Gasteiger partial charge in [0.2, 0.25) is 0 Å². The van der Waals surface area contributed by atoms with Gasteiger partial charge in [-0.1, -0.05) is 18.2 Å². The van der Waals surface area contributed by atoms with E-state index in [1.807, 2.05) is 57.2 Å². The van der Waals surface area contributed by atoms with Crippen molar-refractivity contribution in [2.24, 2.45) is 0 Å². The van der Waals surface area contributed by atoms with Crippen molar-refractivity contribution in [2.75, 3.05) is 0 Å². The molecule has 0 aliphatic carbocycles. The first kappa shape index (κ1) is 15.4. The van der Waals surface area contributed by atoms with Gasteiger partial charge in [0.15, 0.2) is 5.65 Å². The third-order valence-electron chi connectivity index (χ3n) is 4.32. The summed E-state index contributed by atoms with van der Waals surface area (Å²) < 4.78 is 1.72. The van der Waals surface area contributed by atoms with Gasteiger partial charge in [-0.05, 0) is 44.4 Å². The van der Waals surface area contributed by atoms with Crippen LogP contribution in [-0.2, 0) is 6.54 Å². The standard InChI is InChI=1S/C19H19N5O/c1-11-8-12(2)24-18(21-11)17(13(3)23-24)19(25)20-10-15-9-14-6-4-5-7-16(14)22-15/h4-9,22H,10H2,1-3H3,(H,20,25). The van der Waals surface area contributed by atoms with Crippen LogP contribution in [0.1, 0.15) is 33.1 Å². The van der Waals surface area contributed by atoms with Crippen molar-refractivity contribution in [2.45, 2.75) is 27.3 Å². The lowest BCUT2D eigenvalue weighted by molar-refractivity contribution is 0.0951. The highest BCUT2D eigenvalue weighted by Gasteiger charge is 2.19. The predicted octanol–water partition coefficient (Wildman–Crippen LogP) is 3.07. The molecule has 1 aromatic carbocycles. The van der Waals surface area contributed by atoms with Crippen molar-refractivity contribution in [3.05, 3.63) is 64.7 Å². The smallest absolute Gasteiger partial charge is 0.257 e. The normalized spacial score (nSPS) is 11.3. The molecule has 3 heterocycles. The summed E-state index contributed by atoms with van der Waals surface area (Å²) in [7, 11) is 0. The summed E-state index contributed by atoms with van der Waals surface area (Å²) in [6.45, 7) is 6.14. The van der Waals surface area contributed by atoms with Gasteiger partial charge in [0.05, 0.1) is 12.2 Å². The summed E-state index contributed by atoms with van der Waals surface area (Å²) in [5.74, 6) is -0.163. The molecule has 6 nitrogen and oxygen atoms in total. The van der Waals surface area contributed by atoms with Gasteiger partial charge in [-0.25, -0.2) is 9.50 Å². The minimum atomic E-state index is -0.163. The third kappa shape index (κ3) is 2.65. The van der Waals surface area contributed by atoms with Crippen molar-refractivity contribution in [1.29, 1.82) is 0 Å². The van der Waals surface area contributed by atoms with Gasteiger partial charge < -0.3 is 10.3 Å². The van der Waals surface area contributed by atoms with Crippen LogP contribution in [0.5, 0.6) is 0 Å². The van der Waals surface area contributed by atoms with Gasteiger partial charge in [0, 0.05) is 22.6 Å². The van der Waals surface area contributed by atoms with Gasteiger partial charge in [-0.2, -0.15) is 5.10 Å². The number of carbonyl (C=O) groups excluding carboxylic acids is 1. The van der Waals surface area contributed by atoms with Crippen molar-refractivity contribution >= 4 is 22.5 Å². The molecule has 0 saturated carbocycles. The maximum atomic E-state index is 12.7. The number of carbonyl (C=O) groups is 1. The Bertz CT molecular complexity index is 1070. The van der Waals surface area contributed by atoms with E-state index in [1.54, 1.807) is 4.52 Å². The summed E-state index contributed by atoms with van der Waals surface area (Å²) in [6, 6.07) is 12.0. The number of aryl methyl sites for hydroxylation is 3. The second-order valence-corrected chi connectivity index (χ2v) is 6.30. The summed E-state index contributed by atoms with van der Waals surface area (Å²) >= 11 is 0. The molecular weight excluding hydrogens is 314 g/mol. The Hall–Kier alpha value is -3.15. The van der Waals surface area contributed by atoms with Crippen LogP contribution < -0.4 is 5.32 Å². The highest BCUT2D eigenvalue weighted by molar-refractivity contribution is 6.01. The fraction of sp³-hybridized carbons (Fsp3) is 0.211. The summed E-state index contributed by atoms with van der Waals surface area (Å²) in [4.78, 5) is 20.5. The zero-order valence-corrected chi connectivity index (χ0v) is 14.4. The number of nitrogens with one attached hydrogen (secondary N) is 2. The molecule has 0 spiro atoms. The predicted molar refractivity (Wildman–Crippen MR) is 96.7 cm³/mol. The molecule has 0 bridgehead atoms. The average Bonchev–Trinajstić information content (AvgIpc) is 3.13. The number of hydrogen-bond acceptors (Lipinski definition) is 3. The van der Waals surface area contributed by atoms with Crippen molar-refractivity contribution in [3.8, 4) is 0 Å². The lowest BCUT2D eigenvalue weighted by Crippen LogP contribution is -2.23. The van der Waals surface area contributed by atoms with E-state index >= 15 is 0 Å². The zero-order valence-electron chi connectivity index (χ0n) is 14.4. The largest absolute Gasteiger partial charge is 0.357 e. The van der Waals surface area contributed by atoms with Crippen molar-refractivity contribution in [3.63, 3.8) is 0 Å². The Morgan fingerprint density at radius 1 is 1.20 bits per heavy atom. The fourth-order valence-corrected chi connectivity index (χ4v) is 3.19. The number of aromatic amines is 1. The molecule has 1 amide bonds. The number of nitrogens with zero attached hydrogens (tertiary/aromatic N) is 3. The number of para-hydroxylation sites is 1. The molecule has 126 valence electrons. The van der Waals surface area contributed by atoms with E-state index in [2.05, 4.69) is 20.4 Å². The van der Waals surface area contributed by atoms with Crippen LogP contribution in [0.3, 0.4) is 0 Å². The highest BCUT2D eigenvalue weighted by Crippen LogP contribution is 2.17. The van der Waals surface area contributed by atoms with Gasteiger partial charge in [0.1, 0.15) is 5.56 Å². The van der Waals surface area contributed by atoms with Crippen LogP contribution in [0.4, 0.5) is 0 Å². The van der Waals surface area contributed by atoms with Crippen molar-refractivity contribution in [1.82, 2.24) is 24.9 Å². The van der Waals surface area contributed by atoms with Crippen LogP contribution in [-0.4, -0.2) is 25.5 Å². The van der Waals surface area contributed by atoms with Crippen LogP contribution in [0.25, 0.3) is 16.6 Å². The number of aromatic nitrogens is 4. The topological polar surface area (TPSA) is 75.1 Å². The number of hydrogen-bond donors (Lipinski definition) is 2. The van der Waals surface area contributed by atoms with Crippen LogP contribution in [0, 0.1) is 20.8 Å². The SMILES string of the molecule is Cc1cc(C)n2nc(C)c(C(=O)NCc3cc4ccccc4[nH]3)c2n1. The molecule has 0 aliphatic heterocycles. The maximum absolute atomic E-state index is 12.7. The van der Waals surface area contributed by atoms with Gasteiger partial charge in [-0.15, -0.1) is 0 Å². The number of amides is 1. The van der Waals surface area contributed by atoms with Crippen molar-refractivity contribution < 1.29 is 4.79 Å². The molecule has 0 fully saturated rings. The summed E-state index contributed by atoms with van der Waals surface area (Å²) in [5.41, 5.74) is 5.66. The molecule has 3 aromatic heterocycles. The summed E-state index contributed by atoms with van der Waals surface area (Å²) in [5, 5.41) is 8.55. The Morgan fingerprint density at radius 3 is 2.80 bits per heavy atom. The molecule has 0 aliphatic rings. The highest BCUT2D eigenvalue weighted by atomic mass is 16.1. The van der Waals surface area contributed by atoms with Crippen LogP contribution in [0.2, 0.25) is 0 Å². The van der Waals surface area contributed by atoms with E-state index < -0.39 is 0 Å². The monoisotopic (exact) mass is 333 g/mol. The Balaban J connectivity index is 1.62. The average molecular weight is 333 g/mol. The van der Waals surface area contributed by atoms with E-state index in [0.717, 1.165) is 28.0 Å². The minimum absolute atomic E-state index is 0.163. The minimum Gasteiger partial charge on any atom is -0.357 e. The van der Waals surface area contributed by atoms with E-state index in [9.17, 15) is 4.79 Å². The third-order valence-corrected chi connectivity index (χ3v) is 4.32. The molecule has 25 heavy (non-hydrogen) atoms. The first-order valence-corrected chi connectivity index (χ1v) is 8.21. The number of H-pyrrole nitrogens is 1. The molecule has 4 aromatic rings. The van der Waals surface area contributed by atoms with Gasteiger partial charge in [0.25, 0.3) is 5.91 Å². The molecule has 6 heteroatoms. The van der Waals surface area contributed by atoms with Crippen LogP contribution in [0.15, 0.2) is 36.4 Å². The molecule has 2 N–H and O–H groups in total. The molecule has 4 rings (SSSR count). The lowest BCUT2D eigenvalue weighted by atomic mass is 10.2. The Morgan fingerprint density at radius 2 is 2.00 bits per heavy atom. The molecule has 0 radical (unpaired) electrons. The Kier molecular flexibility index (Phi) is 3.53. The maximum Gasteiger partial charge on any atom is 0.257 e. The van der Waals surface area contributed by atoms with E-state index in [4.69, 9.17) is 0 Å². The molecule has 0 unspecified atom stereocenters. The van der Waals surface area contributed by atoms with Gasteiger partial charge >= 0.3 is 0 Å². The first-order chi connectivity index (χ1) is 12.0. The summed E-state index contributed by atoms with van der Waals surface area (Å²) in [6.07, 6.45) is 0. The quantitative estimate of drug-likeness (QED) is 0.605. The van der Waals surface area contributed by atoms with Gasteiger partial charge in [-0.3, -0.25) is 4.79 Å². The first-order valence-electron chi connectivity index (χ1n) is 8.21. The molecule has 0 atom stereocenters. The Labute approximate surface area is 144 Å². The number of fused-ring (bicyclic) bond motifs is 2. The molecule has 0 saturated heterocycles. The molecular formula is C19H19N5O. The van der Waals surface area contributed by atoms with E-state index in [-0.39, 0.29) is 5.91 Å². The van der Waals surface area contributed by atoms with Crippen LogP contribution >= 0.6 is 0 Å². The second-order valence-electron chi connectivity index (χ2n) is 6.30.